The first-order chi connectivity index (χ1) is 7.25. The van der Waals surface area contributed by atoms with Gasteiger partial charge in [-0.3, -0.25) is 9.59 Å². The molecular weight excluding hydrogens is 208 g/mol. The van der Waals surface area contributed by atoms with Gasteiger partial charge in [0.15, 0.2) is 0 Å². The van der Waals surface area contributed by atoms with E-state index in [2.05, 4.69) is 0 Å². The largest absolute Gasteiger partial charge is 0.480 e. The van der Waals surface area contributed by atoms with Crippen LogP contribution in [-0.4, -0.2) is 41.0 Å². The van der Waals surface area contributed by atoms with Gasteiger partial charge in [-0.2, -0.15) is 0 Å². The number of aliphatic carboxylic acids is 1. The molecule has 0 spiro atoms. The fraction of sp³-hybridized carbons (Fsp3) is 0.818. The highest BCUT2D eigenvalue weighted by Gasteiger charge is 2.25. The van der Waals surface area contributed by atoms with E-state index in [0.717, 1.165) is 0 Å². The van der Waals surface area contributed by atoms with E-state index in [0.29, 0.717) is 6.54 Å². The predicted molar refractivity (Wildman–Crippen MR) is 61.9 cm³/mol. The number of amides is 1. The molecule has 0 aliphatic rings. The van der Waals surface area contributed by atoms with E-state index in [9.17, 15) is 9.59 Å². The van der Waals surface area contributed by atoms with Crippen LogP contribution in [0.4, 0.5) is 0 Å². The first-order valence-corrected chi connectivity index (χ1v) is 5.51. The topological polar surface area (TPSA) is 83.6 Å². The Hall–Kier alpha value is -1.10. The van der Waals surface area contributed by atoms with Gasteiger partial charge in [-0.1, -0.05) is 27.7 Å². The summed E-state index contributed by atoms with van der Waals surface area (Å²) < 4.78 is 0. The number of carboxylic acids is 1. The van der Waals surface area contributed by atoms with Gasteiger partial charge in [0.2, 0.25) is 5.91 Å². The molecule has 0 saturated heterocycles. The predicted octanol–water partition coefficient (Wildman–Crippen LogP) is 0.539. The van der Waals surface area contributed by atoms with Crippen LogP contribution in [0.3, 0.4) is 0 Å². The number of rotatable bonds is 6. The molecule has 0 fully saturated rings. The van der Waals surface area contributed by atoms with Crippen molar-refractivity contribution >= 4 is 11.9 Å². The van der Waals surface area contributed by atoms with Crippen LogP contribution in [0.1, 0.15) is 27.7 Å². The van der Waals surface area contributed by atoms with Gasteiger partial charge < -0.3 is 15.7 Å². The molecule has 0 saturated carbocycles. The highest BCUT2D eigenvalue weighted by atomic mass is 16.4. The molecule has 16 heavy (non-hydrogen) atoms. The van der Waals surface area contributed by atoms with Gasteiger partial charge in [-0.15, -0.1) is 0 Å². The third-order valence-corrected chi connectivity index (χ3v) is 2.23. The van der Waals surface area contributed by atoms with Crippen molar-refractivity contribution in [1.82, 2.24) is 4.90 Å². The van der Waals surface area contributed by atoms with Crippen molar-refractivity contribution in [3.05, 3.63) is 0 Å². The molecule has 0 aliphatic carbocycles. The molecule has 0 bridgehead atoms. The molecule has 94 valence electrons. The van der Waals surface area contributed by atoms with Crippen LogP contribution in [0.2, 0.25) is 0 Å². The van der Waals surface area contributed by atoms with E-state index < -0.39 is 12.0 Å². The molecular formula is C11H22N2O3. The van der Waals surface area contributed by atoms with Gasteiger partial charge in [0.05, 0.1) is 6.04 Å². The fourth-order valence-corrected chi connectivity index (χ4v) is 1.33. The van der Waals surface area contributed by atoms with Crippen LogP contribution in [0.15, 0.2) is 0 Å². The Balaban J connectivity index is 4.61. The Labute approximate surface area is 96.6 Å². The zero-order chi connectivity index (χ0) is 12.9. The standard InChI is InChI=1S/C11H22N2O3/c1-7(2)5-13(6-9(14)15)11(16)10(12)8(3)4/h7-8,10H,5-6,12H2,1-4H3,(H,14,15). The van der Waals surface area contributed by atoms with Crippen LogP contribution in [0.5, 0.6) is 0 Å². The van der Waals surface area contributed by atoms with Crippen molar-refractivity contribution in [2.45, 2.75) is 33.7 Å². The monoisotopic (exact) mass is 230 g/mol. The lowest BCUT2D eigenvalue weighted by Gasteiger charge is -2.27. The van der Waals surface area contributed by atoms with Gasteiger partial charge in [0.25, 0.3) is 0 Å². The van der Waals surface area contributed by atoms with Gasteiger partial charge in [-0.25, -0.2) is 0 Å². The van der Waals surface area contributed by atoms with E-state index in [1.165, 1.54) is 4.90 Å². The summed E-state index contributed by atoms with van der Waals surface area (Å²) in [6.45, 7) is 7.70. The summed E-state index contributed by atoms with van der Waals surface area (Å²) >= 11 is 0. The second-order valence-corrected chi connectivity index (χ2v) is 4.78. The van der Waals surface area contributed by atoms with Gasteiger partial charge in [-0.05, 0) is 11.8 Å². The summed E-state index contributed by atoms with van der Waals surface area (Å²) in [5.41, 5.74) is 5.73. The second kappa shape index (κ2) is 6.48. The molecule has 0 aliphatic heterocycles. The van der Waals surface area contributed by atoms with Crippen molar-refractivity contribution in [3.8, 4) is 0 Å². The Kier molecular flexibility index (Phi) is 6.03. The third-order valence-electron chi connectivity index (χ3n) is 2.23. The molecule has 1 unspecified atom stereocenters. The number of nitrogens with two attached hydrogens (primary N) is 1. The zero-order valence-corrected chi connectivity index (χ0v) is 10.4. The van der Waals surface area contributed by atoms with Crippen molar-refractivity contribution < 1.29 is 14.7 Å². The molecule has 0 rings (SSSR count). The second-order valence-electron chi connectivity index (χ2n) is 4.78. The van der Waals surface area contributed by atoms with Gasteiger partial charge in [0, 0.05) is 6.54 Å². The van der Waals surface area contributed by atoms with E-state index in [1.54, 1.807) is 0 Å². The van der Waals surface area contributed by atoms with Crippen LogP contribution in [-0.2, 0) is 9.59 Å². The molecule has 0 aromatic carbocycles. The van der Waals surface area contributed by atoms with E-state index in [-0.39, 0.29) is 24.3 Å². The molecule has 0 aromatic heterocycles. The van der Waals surface area contributed by atoms with Gasteiger partial charge in [0.1, 0.15) is 6.54 Å². The highest BCUT2D eigenvalue weighted by molar-refractivity contribution is 5.85. The number of carbonyl (C=O) groups is 2. The van der Waals surface area contributed by atoms with Crippen LogP contribution >= 0.6 is 0 Å². The first-order valence-electron chi connectivity index (χ1n) is 5.51. The average molecular weight is 230 g/mol. The minimum Gasteiger partial charge on any atom is -0.480 e. The molecule has 5 heteroatoms. The maximum Gasteiger partial charge on any atom is 0.323 e. The maximum absolute atomic E-state index is 11.9. The Morgan fingerprint density at radius 1 is 1.25 bits per heavy atom. The Bertz CT molecular complexity index is 252. The molecule has 0 heterocycles. The quantitative estimate of drug-likeness (QED) is 0.697. The maximum atomic E-state index is 11.9. The fourth-order valence-electron chi connectivity index (χ4n) is 1.33. The summed E-state index contributed by atoms with van der Waals surface area (Å²) in [7, 11) is 0. The van der Waals surface area contributed by atoms with Crippen LogP contribution in [0.25, 0.3) is 0 Å². The van der Waals surface area contributed by atoms with Crippen molar-refractivity contribution in [2.75, 3.05) is 13.1 Å². The van der Waals surface area contributed by atoms with E-state index in [4.69, 9.17) is 10.8 Å². The minimum absolute atomic E-state index is 0.0101. The Morgan fingerprint density at radius 2 is 1.75 bits per heavy atom. The number of hydrogen-bond acceptors (Lipinski definition) is 3. The van der Waals surface area contributed by atoms with Crippen molar-refractivity contribution in [1.29, 1.82) is 0 Å². The summed E-state index contributed by atoms with van der Waals surface area (Å²) in [6, 6.07) is -0.627. The highest BCUT2D eigenvalue weighted by Crippen LogP contribution is 2.06. The van der Waals surface area contributed by atoms with Crippen molar-refractivity contribution in [3.63, 3.8) is 0 Å². The van der Waals surface area contributed by atoms with Crippen LogP contribution in [0, 0.1) is 11.8 Å². The molecule has 1 atom stereocenters. The summed E-state index contributed by atoms with van der Waals surface area (Å²) in [5.74, 6) is -1.06. The molecule has 1 amide bonds. The molecule has 5 nitrogen and oxygen atoms in total. The number of carboxylic acid groups (broad SMARTS) is 1. The number of carbonyl (C=O) groups excluding carboxylic acids is 1. The number of nitrogens with zero attached hydrogens (tertiary/aromatic N) is 1. The first kappa shape index (κ1) is 14.9. The lowest BCUT2D eigenvalue weighted by molar-refractivity contribution is -0.145. The molecule has 3 N–H and O–H groups in total. The lowest BCUT2D eigenvalue weighted by Crippen LogP contribution is -2.49. The smallest absolute Gasteiger partial charge is 0.323 e. The summed E-state index contributed by atoms with van der Waals surface area (Å²) in [6.07, 6.45) is 0. The van der Waals surface area contributed by atoms with Crippen molar-refractivity contribution in [2.24, 2.45) is 17.6 Å². The minimum atomic E-state index is -1.01. The van der Waals surface area contributed by atoms with Crippen LogP contribution < -0.4 is 5.73 Å². The zero-order valence-electron chi connectivity index (χ0n) is 10.4. The van der Waals surface area contributed by atoms with E-state index >= 15 is 0 Å². The Morgan fingerprint density at radius 3 is 2.06 bits per heavy atom. The normalized spacial score (nSPS) is 12.9. The molecule has 0 radical (unpaired) electrons. The lowest BCUT2D eigenvalue weighted by atomic mass is 10.0. The van der Waals surface area contributed by atoms with E-state index in [1.807, 2.05) is 27.7 Å². The summed E-state index contributed by atoms with van der Waals surface area (Å²) in [4.78, 5) is 23.9. The SMILES string of the molecule is CC(C)CN(CC(=O)O)C(=O)C(N)C(C)C. The number of hydrogen-bond donors (Lipinski definition) is 2. The average Bonchev–Trinajstić information content (AvgIpc) is 2.12. The molecule has 0 aromatic rings. The third kappa shape index (κ3) is 5.11. The summed E-state index contributed by atoms with van der Waals surface area (Å²) in [5, 5.41) is 8.73. The van der Waals surface area contributed by atoms with Gasteiger partial charge >= 0.3 is 5.97 Å².